The molecule has 0 amide bonds. The number of hydrogen-bond acceptors (Lipinski definition) is 5. The van der Waals surface area contributed by atoms with E-state index in [4.69, 9.17) is 9.47 Å². The van der Waals surface area contributed by atoms with Crippen molar-refractivity contribution >= 4 is 11.7 Å². The lowest BCUT2D eigenvalue weighted by Gasteiger charge is -2.35. The first-order chi connectivity index (χ1) is 11.7. The molecule has 1 saturated heterocycles. The van der Waals surface area contributed by atoms with E-state index >= 15 is 0 Å². The molecule has 1 aromatic carbocycles. The van der Waals surface area contributed by atoms with Crippen molar-refractivity contribution in [2.24, 2.45) is 0 Å². The van der Waals surface area contributed by atoms with E-state index in [1.54, 1.807) is 19.4 Å². The number of piperidine rings is 1. The van der Waals surface area contributed by atoms with Gasteiger partial charge in [0.1, 0.15) is 11.7 Å². The summed E-state index contributed by atoms with van der Waals surface area (Å²) in [6.07, 6.45) is 4.84. The van der Waals surface area contributed by atoms with Crippen LogP contribution in [-0.2, 0) is 0 Å². The topological polar surface area (TPSA) is 71.9 Å². The van der Waals surface area contributed by atoms with Gasteiger partial charge in [0.25, 0.3) is 0 Å². The number of ether oxygens (including phenoxy) is 2. The number of carboxylic acid groups (broad SMARTS) is 1. The minimum absolute atomic E-state index is 0.0233. The number of methoxy groups -OCH3 is 1. The summed E-state index contributed by atoms with van der Waals surface area (Å²) in [6, 6.07) is 9.29. The molecule has 0 radical (unpaired) electrons. The molecule has 6 nitrogen and oxygen atoms in total. The van der Waals surface area contributed by atoms with Gasteiger partial charge >= 0.3 is 5.97 Å². The highest BCUT2D eigenvalue weighted by atomic mass is 16.5. The summed E-state index contributed by atoms with van der Waals surface area (Å²) in [7, 11) is 1.62. The monoisotopic (exact) mass is 328 g/mol. The molecule has 1 aliphatic heterocycles. The van der Waals surface area contributed by atoms with Gasteiger partial charge < -0.3 is 19.5 Å². The lowest BCUT2D eigenvalue weighted by atomic mass is 10.1. The molecule has 0 bridgehead atoms. The highest BCUT2D eigenvalue weighted by Crippen LogP contribution is 2.30. The van der Waals surface area contributed by atoms with Crippen LogP contribution in [0.25, 0.3) is 0 Å². The van der Waals surface area contributed by atoms with Crippen LogP contribution in [0.1, 0.15) is 23.2 Å². The third-order valence-electron chi connectivity index (χ3n) is 4.11. The Morgan fingerprint density at radius 2 is 2.08 bits per heavy atom. The summed E-state index contributed by atoms with van der Waals surface area (Å²) in [5.74, 6) is 0.440. The van der Waals surface area contributed by atoms with Crippen molar-refractivity contribution in [1.82, 2.24) is 4.98 Å². The van der Waals surface area contributed by atoms with Crippen LogP contribution in [0.2, 0.25) is 0 Å². The number of anilines is 1. The number of carbonyl (C=O) groups is 1. The summed E-state index contributed by atoms with van der Waals surface area (Å²) in [4.78, 5) is 17.4. The smallest absolute Gasteiger partial charge is 0.339 e. The van der Waals surface area contributed by atoms with E-state index in [-0.39, 0.29) is 11.7 Å². The summed E-state index contributed by atoms with van der Waals surface area (Å²) in [5.41, 5.74) is 0.904. The first-order valence-corrected chi connectivity index (χ1v) is 7.91. The molecule has 1 N–H and O–H groups in total. The second-order valence-corrected chi connectivity index (χ2v) is 5.68. The predicted molar refractivity (Wildman–Crippen MR) is 90.1 cm³/mol. The zero-order chi connectivity index (χ0) is 16.9. The van der Waals surface area contributed by atoms with Gasteiger partial charge in [0.15, 0.2) is 11.5 Å². The average molecular weight is 328 g/mol. The van der Waals surface area contributed by atoms with Crippen LogP contribution in [0.3, 0.4) is 0 Å². The molecule has 0 aliphatic carbocycles. The third kappa shape index (κ3) is 3.42. The van der Waals surface area contributed by atoms with Crippen molar-refractivity contribution in [3.8, 4) is 11.5 Å². The number of benzene rings is 1. The fraction of sp³-hybridized carbons (Fsp3) is 0.333. The van der Waals surface area contributed by atoms with Crippen molar-refractivity contribution in [2.45, 2.75) is 18.9 Å². The van der Waals surface area contributed by atoms with Crippen LogP contribution in [0, 0.1) is 0 Å². The minimum Gasteiger partial charge on any atom is -0.493 e. The molecule has 24 heavy (non-hydrogen) atoms. The van der Waals surface area contributed by atoms with Gasteiger partial charge in [0.05, 0.1) is 19.3 Å². The van der Waals surface area contributed by atoms with Crippen LogP contribution in [0.4, 0.5) is 5.69 Å². The molecule has 0 saturated carbocycles. The number of aromatic nitrogens is 1. The maximum Gasteiger partial charge on any atom is 0.339 e. The Morgan fingerprint density at radius 1 is 1.29 bits per heavy atom. The van der Waals surface area contributed by atoms with Gasteiger partial charge in [0, 0.05) is 18.9 Å². The number of nitrogens with zero attached hydrogens (tertiary/aromatic N) is 2. The molecule has 1 fully saturated rings. The SMILES string of the molecule is COc1ccccc1OC1CCCN(c2ccncc2C(=O)O)C1. The second-order valence-electron chi connectivity index (χ2n) is 5.68. The number of pyridine rings is 1. The maximum absolute atomic E-state index is 11.4. The number of carboxylic acids is 1. The molecule has 1 aromatic heterocycles. The summed E-state index contributed by atoms with van der Waals surface area (Å²) >= 11 is 0. The highest BCUT2D eigenvalue weighted by Gasteiger charge is 2.25. The van der Waals surface area contributed by atoms with E-state index in [0.717, 1.165) is 19.4 Å². The first-order valence-electron chi connectivity index (χ1n) is 7.91. The number of rotatable bonds is 5. The van der Waals surface area contributed by atoms with Gasteiger partial charge in [0.2, 0.25) is 0 Å². The molecular weight excluding hydrogens is 308 g/mol. The Balaban J connectivity index is 1.77. The second kappa shape index (κ2) is 7.21. The average Bonchev–Trinajstić information content (AvgIpc) is 2.62. The van der Waals surface area contributed by atoms with Gasteiger partial charge in [-0.25, -0.2) is 4.79 Å². The van der Waals surface area contributed by atoms with E-state index in [0.29, 0.717) is 23.7 Å². The van der Waals surface area contributed by atoms with E-state index in [2.05, 4.69) is 9.88 Å². The molecule has 2 aromatic rings. The standard InChI is InChI=1S/C18H20N2O4/c1-23-16-6-2-3-7-17(16)24-13-5-4-10-20(12-13)15-8-9-19-11-14(15)18(21)22/h2-3,6-9,11,13H,4-5,10,12H2,1H3,(H,21,22). The van der Waals surface area contributed by atoms with Crippen molar-refractivity contribution in [3.05, 3.63) is 48.3 Å². The van der Waals surface area contributed by atoms with Crippen molar-refractivity contribution < 1.29 is 19.4 Å². The molecule has 1 unspecified atom stereocenters. The van der Waals surface area contributed by atoms with Gasteiger partial charge in [-0.05, 0) is 31.0 Å². The zero-order valence-electron chi connectivity index (χ0n) is 13.5. The molecule has 3 rings (SSSR count). The summed E-state index contributed by atoms with van der Waals surface area (Å²) < 4.78 is 11.4. The Hall–Kier alpha value is -2.76. The van der Waals surface area contributed by atoms with Crippen molar-refractivity contribution in [1.29, 1.82) is 0 Å². The van der Waals surface area contributed by atoms with Crippen LogP contribution in [0.15, 0.2) is 42.7 Å². The Labute approximate surface area is 140 Å². The summed E-state index contributed by atoms with van der Waals surface area (Å²) in [6.45, 7) is 1.43. The van der Waals surface area contributed by atoms with E-state index in [1.165, 1.54) is 6.20 Å². The fourth-order valence-electron chi connectivity index (χ4n) is 2.98. The van der Waals surface area contributed by atoms with E-state index in [9.17, 15) is 9.90 Å². The van der Waals surface area contributed by atoms with Crippen molar-refractivity contribution in [2.75, 3.05) is 25.1 Å². The lowest BCUT2D eigenvalue weighted by molar-refractivity contribution is 0.0696. The highest BCUT2D eigenvalue weighted by molar-refractivity contribution is 5.94. The number of para-hydroxylation sites is 2. The fourth-order valence-corrected chi connectivity index (χ4v) is 2.98. The van der Waals surface area contributed by atoms with Gasteiger partial charge in [-0.3, -0.25) is 4.98 Å². The molecule has 126 valence electrons. The molecule has 1 aliphatic rings. The Bertz CT molecular complexity index is 720. The van der Waals surface area contributed by atoms with Gasteiger partial charge in [-0.1, -0.05) is 12.1 Å². The molecule has 2 heterocycles. The maximum atomic E-state index is 11.4. The molecule has 1 atom stereocenters. The van der Waals surface area contributed by atoms with Crippen LogP contribution >= 0.6 is 0 Å². The summed E-state index contributed by atoms with van der Waals surface area (Å²) in [5, 5.41) is 9.35. The normalized spacial score (nSPS) is 17.4. The first kappa shape index (κ1) is 16.1. The number of hydrogen-bond donors (Lipinski definition) is 1. The largest absolute Gasteiger partial charge is 0.493 e. The van der Waals surface area contributed by atoms with Crippen LogP contribution in [-0.4, -0.2) is 42.4 Å². The van der Waals surface area contributed by atoms with Gasteiger partial charge in [-0.15, -0.1) is 0 Å². The molecule has 0 spiro atoms. The minimum atomic E-state index is -0.967. The number of aromatic carboxylic acids is 1. The predicted octanol–water partition coefficient (Wildman–Crippen LogP) is 2.84. The molecule has 6 heteroatoms. The lowest BCUT2D eigenvalue weighted by Crippen LogP contribution is -2.41. The quantitative estimate of drug-likeness (QED) is 0.910. The Morgan fingerprint density at radius 3 is 2.83 bits per heavy atom. The van der Waals surface area contributed by atoms with Crippen LogP contribution in [0.5, 0.6) is 11.5 Å². The van der Waals surface area contributed by atoms with E-state index < -0.39 is 5.97 Å². The van der Waals surface area contributed by atoms with Crippen molar-refractivity contribution in [3.63, 3.8) is 0 Å². The Kier molecular flexibility index (Phi) is 4.84. The van der Waals surface area contributed by atoms with Crippen LogP contribution < -0.4 is 14.4 Å². The molecular formula is C18H20N2O4. The zero-order valence-corrected chi connectivity index (χ0v) is 13.5. The van der Waals surface area contributed by atoms with Gasteiger partial charge in [-0.2, -0.15) is 0 Å². The van der Waals surface area contributed by atoms with E-state index in [1.807, 2.05) is 24.3 Å². The third-order valence-corrected chi connectivity index (χ3v) is 4.11.